The minimum Gasteiger partial charge on any atom is -0.496 e. The fraction of sp³-hybridized carbons (Fsp3) is 0.286. The lowest BCUT2D eigenvalue weighted by Gasteiger charge is -2.10. The summed E-state index contributed by atoms with van der Waals surface area (Å²) >= 11 is 0. The molecule has 0 aliphatic carbocycles. The lowest BCUT2D eigenvalue weighted by molar-refractivity contribution is 0.0600. The van der Waals surface area contributed by atoms with Crippen molar-refractivity contribution in [2.24, 2.45) is 0 Å². The summed E-state index contributed by atoms with van der Waals surface area (Å²) in [6.07, 6.45) is 2.78. The highest BCUT2D eigenvalue weighted by atomic mass is 16.5. The first-order chi connectivity index (χ1) is 13.1. The van der Waals surface area contributed by atoms with Gasteiger partial charge in [-0.1, -0.05) is 6.07 Å². The van der Waals surface area contributed by atoms with Gasteiger partial charge in [0.1, 0.15) is 5.75 Å². The second-order valence-electron chi connectivity index (χ2n) is 6.31. The molecular formula is C21H24N2O4. The van der Waals surface area contributed by atoms with Crippen molar-refractivity contribution in [2.45, 2.75) is 13.0 Å². The summed E-state index contributed by atoms with van der Waals surface area (Å²) in [4.78, 5) is 11.8. The van der Waals surface area contributed by atoms with Gasteiger partial charge in [-0.25, -0.2) is 4.79 Å². The molecule has 6 heteroatoms. The zero-order valence-electron chi connectivity index (χ0n) is 15.8. The predicted octanol–water partition coefficient (Wildman–Crippen LogP) is 3.26. The van der Waals surface area contributed by atoms with E-state index in [1.807, 2.05) is 24.3 Å². The van der Waals surface area contributed by atoms with E-state index >= 15 is 0 Å². The quantitative estimate of drug-likeness (QED) is 0.512. The fourth-order valence-electron chi connectivity index (χ4n) is 3.24. The number of benzene rings is 2. The van der Waals surface area contributed by atoms with Gasteiger partial charge in [0.25, 0.3) is 0 Å². The van der Waals surface area contributed by atoms with E-state index in [2.05, 4.69) is 10.8 Å². The molecule has 2 N–H and O–H groups in total. The number of rotatable bonds is 7. The van der Waals surface area contributed by atoms with Crippen molar-refractivity contribution < 1.29 is 19.0 Å². The maximum Gasteiger partial charge on any atom is 0.337 e. The summed E-state index contributed by atoms with van der Waals surface area (Å²) in [5, 5.41) is 1.10. The summed E-state index contributed by atoms with van der Waals surface area (Å²) in [6, 6.07) is 11.3. The molecule has 0 amide bonds. The van der Waals surface area contributed by atoms with E-state index in [0.717, 1.165) is 34.3 Å². The second kappa shape index (κ2) is 8.14. The molecule has 6 nitrogen and oxygen atoms in total. The molecule has 142 valence electrons. The minimum atomic E-state index is -0.385. The first kappa shape index (κ1) is 18.8. The van der Waals surface area contributed by atoms with Crippen molar-refractivity contribution >= 4 is 22.6 Å². The third-order valence-electron chi connectivity index (χ3n) is 4.61. The number of anilines is 1. The third-order valence-corrected chi connectivity index (χ3v) is 4.61. The average Bonchev–Trinajstić information content (AvgIpc) is 3.02. The Morgan fingerprint density at radius 3 is 2.59 bits per heavy atom. The van der Waals surface area contributed by atoms with E-state index in [-0.39, 0.29) is 5.97 Å². The number of carbonyl (C=O) groups excluding carboxylic acids is 1. The lowest BCUT2D eigenvalue weighted by atomic mass is 10.0. The van der Waals surface area contributed by atoms with Crippen LogP contribution in [0, 0.1) is 0 Å². The number of nitrogens with zero attached hydrogens (tertiary/aromatic N) is 1. The molecule has 0 fully saturated rings. The normalized spacial score (nSPS) is 10.9. The number of fused-ring (bicyclic) bond motifs is 1. The summed E-state index contributed by atoms with van der Waals surface area (Å²) in [5.41, 5.74) is 10.4. The molecule has 0 radical (unpaired) electrons. The molecule has 0 spiro atoms. The topological polar surface area (TPSA) is 75.7 Å². The van der Waals surface area contributed by atoms with Crippen LogP contribution in [0.3, 0.4) is 0 Å². The Morgan fingerprint density at radius 1 is 1.07 bits per heavy atom. The summed E-state index contributed by atoms with van der Waals surface area (Å²) in [6.45, 7) is 1.39. The van der Waals surface area contributed by atoms with Gasteiger partial charge in [-0.3, -0.25) is 0 Å². The molecule has 1 aromatic heterocycles. The monoisotopic (exact) mass is 368 g/mol. The maximum atomic E-state index is 11.8. The molecule has 3 aromatic rings. The van der Waals surface area contributed by atoms with Crippen LogP contribution < -0.4 is 10.5 Å². The molecule has 0 atom stereocenters. The number of nitrogen functional groups attached to an aromatic ring is 1. The van der Waals surface area contributed by atoms with Crippen molar-refractivity contribution in [1.82, 2.24) is 4.57 Å². The number of aromatic nitrogens is 1. The van der Waals surface area contributed by atoms with Crippen LogP contribution in [0.2, 0.25) is 0 Å². The van der Waals surface area contributed by atoms with Gasteiger partial charge in [0.05, 0.1) is 26.4 Å². The van der Waals surface area contributed by atoms with E-state index < -0.39 is 0 Å². The first-order valence-corrected chi connectivity index (χ1v) is 8.68. The molecule has 1 heterocycles. The van der Waals surface area contributed by atoms with E-state index in [4.69, 9.17) is 19.9 Å². The van der Waals surface area contributed by atoms with Crippen LogP contribution in [0.4, 0.5) is 5.69 Å². The third kappa shape index (κ3) is 3.90. The number of esters is 1. The van der Waals surface area contributed by atoms with Crippen LogP contribution in [0.1, 0.15) is 21.5 Å². The standard InChI is InChI=1S/C21H24N2O4/c1-25-9-8-23-13-16(18-12-17(22)6-7-19(18)23)10-14-4-5-15(21(24)27-3)11-20(14)26-2/h4-7,11-13H,8-10,22H2,1-3H3. The van der Waals surface area contributed by atoms with Crippen LogP contribution in [0.25, 0.3) is 10.9 Å². The van der Waals surface area contributed by atoms with Crippen molar-refractivity contribution in [3.05, 3.63) is 59.3 Å². The smallest absolute Gasteiger partial charge is 0.337 e. The van der Waals surface area contributed by atoms with Gasteiger partial charge in [-0.2, -0.15) is 0 Å². The van der Waals surface area contributed by atoms with Gasteiger partial charge in [-0.05, 0) is 41.5 Å². The van der Waals surface area contributed by atoms with E-state index in [0.29, 0.717) is 24.3 Å². The highest BCUT2D eigenvalue weighted by Gasteiger charge is 2.14. The van der Waals surface area contributed by atoms with Crippen molar-refractivity contribution in [3.8, 4) is 5.75 Å². The van der Waals surface area contributed by atoms with Gasteiger partial charge in [-0.15, -0.1) is 0 Å². The molecule has 0 aliphatic heterocycles. The van der Waals surface area contributed by atoms with E-state index in [9.17, 15) is 4.79 Å². The molecule has 0 aliphatic rings. The summed E-state index contributed by atoms with van der Waals surface area (Å²) < 4.78 is 17.7. The Labute approximate surface area is 158 Å². The second-order valence-corrected chi connectivity index (χ2v) is 6.31. The Bertz CT molecular complexity index is 962. The molecule has 3 rings (SSSR count). The Hall–Kier alpha value is -2.99. The van der Waals surface area contributed by atoms with E-state index in [1.54, 1.807) is 26.4 Å². The first-order valence-electron chi connectivity index (χ1n) is 8.68. The Morgan fingerprint density at radius 2 is 1.89 bits per heavy atom. The summed E-state index contributed by atoms with van der Waals surface area (Å²) in [5.74, 6) is 0.267. The molecule has 0 saturated carbocycles. The van der Waals surface area contributed by atoms with Gasteiger partial charge >= 0.3 is 5.97 Å². The van der Waals surface area contributed by atoms with Crippen molar-refractivity contribution in [2.75, 3.05) is 33.7 Å². The van der Waals surface area contributed by atoms with Crippen LogP contribution in [0.5, 0.6) is 5.75 Å². The fourth-order valence-corrected chi connectivity index (χ4v) is 3.24. The molecule has 2 aromatic carbocycles. The average molecular weight is 368 g/mol. The minimum absolute atomic E-state index is 0.385. The number of hydrogen-bond donors (Lipinski definition) is 1. The zero-order chi connectivity index (χ0) is 19.4. The van der Waals surface area contributed by atoms with E-state index in [1.165, 1.54) is 7.11 Å². The molecule has 0 unspecified atom stereocenters. The molecule has 27 heavy (non-hydrogen) atoms. The maximum absolute atomic E-state index is 11.8. The molecule has 0 bridgehead atoms. The van der Waals surface area contributed by atoms with Crippen molar-refractivity contribution in [1.29, 1.82) is 0 Å². The molecule has 0 saturated heterocycles. The SMILES string of the molecule is COCCn1cc(Cc2ccc(C(=O)OC)cc2OC)c2cc(N)ccc21. The van der Waals surface area contributed by atoms with Crippen molar-refractivity contribution in [3.63, 3.8) is 0 Å². The zero-order valence-corrected chi connectivity index (χ0v) is 15.8. The van der Waals surface area contributed by atoms with Gasteiger partial charge < -0.3 is 24.5 Å². The highest BCUT2D eigenvalue weighted by Crippen LogP contribution is 2.29. The lowest BCUT2D eigenvalue weighted by Crippen LogP contribution is -2.03. The highest BCUT2D eigenvalue weighted by molar-refractivity contribution is 5.90. The summed E-state index contributed by atoms with van der Waals surface area (Å²) in [7, 11) is 4.65. The van der Waals surface area contributed by atoms with Gasteiger partial charge in [0.2, 0.25) is 0 Å². The van der Waals surface area contributed by atoms with Gasteiger partial charge in [0, 0.05) is 42.9 Å². The largest absolute Gasteiger partial charge is 0.496 e. The predicted molar refractivity (Wildman–Crippen MR) is 105 cm³/mol. The molecular weight excluding hydrogens is 344 g/mol. The van der Waals surface area contributed by atoms with Gasteiger partial charge in [0.15, 0.2) is 0 Å². The van der Waals surface area contributed by atoms with Crippen LogP contribution in [-0.4, -0.2) is 38.5 Å². The number of carbonyl (C=O) groups is 1. The number of hydrogen-bond acceptors (Lipinski definition) is 5. The number of nitrogens with two attached hydrogens (primary N) is 1. The van der Waals surface area contributed by atoms with Crippen LogP contribution in [-0.2, 0) is 22.4 Å². The van der Waals surface area contributed by atoms with Crippen LogP contribution >= 0.6 is 0 Å². The van der Waals surface area contributed by atoms with Crippen LogP contribution in [0.15, 0.2) is 42.6 Å². The Balaban J connectivity index is 2.01. The number of methoxy groups -OCH3 is 3. The number of ether oxygens (including phenoxy) is 3. The Kier molecular flexibility index (Phi) is 5.66.